The molecule has 3 aromatic rings. The minimum atomic E-state index is 0.122. The molecule has 1 heterocycles. The van der Waals surface area contributed by atoms with Crippen molar-refractivity contribution in [1.29, 1.82) is 0 Å². The molecular weight excluding hydrogens is 336 g/mol. The molecule has 25 heavy (non-hydrogen) atoms. The van der Waals surface area contributed by atoms with Crippen LogP contribution in [0, 0.1) is 0 Å². The number of phenols is 2. The average molecular weight is 351 g/mol. The second-order valence-corrected chi connectivity index (χ2v) is 5.61. The lowest BCUT2D eigenvalue weighted by Crippen LogP contribution is -1.90. The largest absolute Gasteiger partial charge is 0.507 e. The van der Waals surface area contributed by atoms with Crippen LogP contribution in [0.4, 0.5) is 0 Å². The standard InChI is InChI=1S/C20H15ClN2O2/c21-20-22-16(11-9-14-5-1-3-7-18(14)24)13-17(23-20)12-10-15-6-2-4-8-19(15)25/h1-13,24-25H. The third-order valence-corrected chi connectivity index (χ3v) is 3.65. The van der Waals surface area contributed by atoms with E-state index in [1.54, 1.807) is 66.8 Å². The zero-order valence-electron chi connectivity index (χ0n) is 13.2. The van der Waals surface area contributed by atoms with Crippen LogP contribution >= 0.6 is 11.6 Å². The van der Waals surface area contributed by atoms with Crippen LogP contribution in [0.2, 0.25) is 5.28 Å². The second kappa shape index (κ2) is 7.64. The summed E-state index contributed by atoms with van der Waals surface area (Å²) in [5, 5.41) is 19.7. The molecule has 124 valence electrons. The Morgan fingerprint density at radius 3 is 1.56 bits per heavy atom. The Morgan fingerprint density at radius 2 is 1.12 bits per heavy atom. The normalized spacial score (nSPS) is 11.4. The van der Waals surface area contributed by atoms with Crippen LogP contribution < -0.4 is 0 Å². The number of hydrogen-bond acceptors (Lipinski definition) is 4. The summed E-state index contributed by atoms with van der Waals surface area (Å²) in [5.74, 6) is 0.386. The molecule has 0 atom stereocenters. The molecule has 1 aromatic heterocycles. The Morgan fingerprint density at radius 1 is 0.680 bits per heavy atom. The van der Waals surface area contributed by atoms with Gasteiger partial charge in [-0.1, -0.05) is 36.4 Å². The Bertz CT molecular complexity index is 878. The molecule has 0 aliphatic carbocycles. The quantitative estimate of drug-likeness (QED) is 0.658. The van der Waals surface area contributed by atoms with E-state index in [0.29, 0.717) is 22.5 Å². The monoisotopic (exact) mass is 350 g/mol. The number of nitrogens with zero attached hydrogens (tertiary/aromatic N) is 2. The summed E-state index contributed by atoms with van der Waals surface area (Å²) in [6.45, 7) is 0. The van der Waals surface area contributed by atoms with Gasteiger partial charge in [0.1, 0.15) is 11.5 Å². The fourth-order valence-corrected chi connectivity index (χ4v) is 2.43. The molecule has 3 rings (SSSR count). The van der Waals surface area contributed by atoms with E-state index in [1.165, 1.54) is 0 Å². The van der Waals surface area contributed by atoms with Crippen LogP contribution in [0.5, 0.6) is 11.5 Å². The number of rotatable bonds is 4. The highest BCUT2D eigenvalue weighted by Crippen LogP contribution is 2.20. The molecule has 0 radical (unpaired) electrons. The highest BCUT2D eigenvalue weighted by atomic mass is 35.5. The van der Waals surface area contributed by atoms with Gasteiger partial charge in [0.15, 0.2) is 0 Å². The molecule has 0 fully saturated rings. The molecule has 0 bridgehead atoms. The van der Waals surface area contributed by atoms with E-state index in [0.717, 1.165) is 0 Å². The van der Waals surface area contributed by atoms with Crippen molar-refractivity contribution in [3.05, 3.63) is 82.4 Å². The van der Waals surface area contributed by atoms with Crippen LogP contribution in [0.15, 0.2) is 54.6 Å². The van der Waals surface area contributed by atoms with Gasteiger partial charge in [-0.3, -0.25) is 0 Å². The third kappa shape index (κ3) is 4.46. The maximum Gasteiger partial charge on any atom is 0.223 e. The van der Waals surface area contributed by atoms with Crippen molar-refractivity contribution in [2.24, 2.45) is 0 Å². The summed E-state index contributed by atoms with van der Waals surface area (Å²) >= 11 is 5.99. The van der Waals surface area contributed by atoms with Gasteiger partial charge in [-0.15, -0.1) is 0 Å². The minimum Gasteiger partial charge on any atom is -0.507 e. The lowest BCUT2D eigenvalue weighted by atomic mass is 10.1. The van der Waals surface area contributed by atoms with Crippen LogP contribution in [0.1, 0.15) is 22.5 Å². The van der Waals surface area contributed by atoms with Crippen molar-refractivity contribution in [3.8, 4) is 11.5 Å². The summed E-state index contributed by atoms with van der Waals surface area (Å²) in [6, 6.07) is 15.8. The molecule has 5 heteroatoms. The smallest absolute Gasteiger partial charge is 0.223 e. The van der Waals surface area contributed by atoms with Crippen molar-refractivity contribution in [3.63, 3.8) is 0 Å². The average Bonchev–Trinajstić information content (AvgIpc) is 2.60. The molecule has 0 saturated carbocycles. The van der Waals surface area contributed by atoms with E-state index < -0.39 is 0 Å². The first-order valence-corrected chi connectivity index (χ1v) is 7.96. The molecule has 0 aliphatic heterocycles. The lowest BCUT2D eigenvalue weighted by molar-refractivity contribution is 0.473. The predicted octanol–water partition coefficient (Wildman–Crippen LogP) is 4.88. The van der Waals surface area contributed by atoms with Crippen molar-refractivity contribution < 1.29 is 10.2 Å². The van der Waals surface area contributed by atoms with E-state index in [-0.39, 0.29) is 16.8 Å². The Hall–Kier alpha value is -3.11. The second-order valence-electron chi connectivity index (χ2n) is 5.27. The van der Waals surface area contributed by atoms with Gasteiger partial charge in [-0.05, 0) is 54.1 Å². The highest BCUT2D eigenvalue weighted by Gasteiger charge is 2.01. The van der Waals surface area contributed by atoms with Gasteiger partial charge in [-0.25, -0.2) is 9.97 Å². The van der Waals surface area contributed by atoms with Gasteiger partial charge < -0.3 is 10.2 Å². The lowest BCUT2D eigenvalue weighted by Gasteiger charge is -2.00. The first-order chi connectivity index (χ1) is 12.1. The van der Waals surface area contributed by atoms with Crippen LogP contribution in [0.3, 0.4) is 0 Å². The first kappa shape index (κ1) is 16.7. The van der Waals surface area contributed by atoms with Crippen LogP contribution in [0.25, 0.3) is 24.3 Å². The summed E-state index contributed by atoms with van der Waals surface area (Å²) in [5.41, 5.74) is 2.59. The highest BCUT2D eigenvalue weighted by molar-refractivity contribution is 6.28. The van der Waals surface area contributed by atoms with Crippen LogP contribution in [-0.4, -0.2) is 20.2 Å². The summed E-state index contributed by atoms with van der Waals surface area (Å²) in [6.07, 6.45) is 7.01. The third-order valence-electron chi connectivity index (χ3n) is 3.48. The fraction of sp³-hybridized carbons (Fsp3) is 0. The minimum absolute atomic E-state index is 0.122. The Labute approximate surface area is 150 Å². The molecule has 4 nitrogen and oxygen atoms in total. The zero-order valence-corrected chi connectivity index (χ0v) is 13.9. The molecule has 0 spiro atoms. The van der Waals surface area contributed by atoms with Crippen LogP contribution in [-0.2, 0) is 0 Å². The first-order valence-electron chi connectivity index (χ1n) is 7.58. The number of benzene rings is 2. The number of phenolic OH excluding ortho intramolecular Hbond substituents is 2. The Kier molecular flexibility index (Phi) is 5.11. The predicted molar refractivity (Wildman–Crippen MR) is 101 cm³/mol. The summed E-state index contributed by atoms with van der Waals surface area (Å²) < 4.78 is 0. The van der Waals surface area contributed by atoms with Gasteiger partial charge in [0.2, 0.25) is 5.28 Å². The molecular formula is C20H15ClN2O2. The van der Waals surface area contributed by atoms with Crippen molar-refractivity contribution in [2.75, 3.05) is 0 Å². The number of halogens is 1. The van der Waals surface area contributed by atoms with E-state index in [1.807, 2.05) is 12.1 Å². The summed E-state index contributed by atoms with van der Waals surface area (Å²) in [4.78, 5) is 8.31. The fourth-order valence-electron chi connectivity index (χ4n) is 2.23. The summed E-state index contributed by atoms with van der Waals surface area (Å²) in [7, 11) is 0. The van der Waals surface area contributed by atoms with E-state index in [4.69, 9.17) is 11.6 Å². The van der Waals surface area contributed by atoms with Crippen molar-refractivity contribution >= 4 is 35.9 Å². The Balaban J connectivity index is 1.86. The maximum atomic E-state index is 9.79. The molecule has 2 N–H and O–H groups in total. The number of hydrogen-bond donors (Lipinski definition) is 2. The number of para-hydroxylation sites is 2. The molecule has 0 aliphatic rings. The SMILES string of the molecule is Oc1ccccc1C=Cc1cc(C=Cc2ccccc2O)nc(Cl)n1. The van der Waals surface area contributed by atoms with Gasteiger partial charge >= 0.3 is 0 Å². The van der Waals surface area contributed by atoms with Gasteiger partial charge in [0.25, 0.3) is 0 Å². The molecule has 0 unspecified atom stereocenters. The molecule has 0 amide bonds. The van der Waals surface area contributed by atoms with Crippen molar-refractivity contribution in [1.82, 2.24) is 9.97 Å². The van der Waals surface area contributed by atoms with E-state index >= 15 is 0 Å². The molecule has 0 saturated heterocycles. The van der Waals surface area contributed by atoms with E-state index in [2.05, 4.69) is 9.97 Å². The van der Waals surface area contributed by atoms with Gasteiger partial charge in [0, 0.05) is 11.1 Å². The van der Waals surface area contributed by atoms with Crippen molar-refractivity contribution in [2.45, 2.75) is 0 Å². The zero-order chi connectivity index (χ0) is 17.6. The topological polar surface area (TPSA) is 66.2 Å². The van der Waals surface area contributed by atoms with E-state index in [9.17, 15) is 10.2 Å². The maximum absolute atomic E-state index is 9.79. The van der Waals surface area contributed by atoms with Gasteiger partial charge in [-0.2, -0.15) is 0 Å². The molecule has 2 aromatic carbocycles. The number of aromatic hydroxyl groups is 2. The number of aromatic nitrogens is 2. The van der Waals surface area contributed by atoms with Gasteiger partial charge in [0.05, 0.1) is 11.4 Å².